The van der Waals surface area contributed by atoms with Gasteiger partial charge in [0.1, 0.15) is 6.04 Å². The summed E-state index contributed by atoms with van der Waals surface area (Å²) in [5.41, 5.74) is 2.27. The predicted octanol–water partition coefficient (Wildman–Crippen LogP) is 1.18. The number of aryl methyl sites for hydroxylation is 1. The Kier molecular flexibility index (Phi) is 4.43. The smallest absolute Gasteiger partial charge is 0.245 e. The van der Waals surface area contributed by atoms with E-state index < -0.39 is 6.04 Å². The molecule has 0 radical (unpaired) electrons. The summed E-state index contributed by atoms with van der Waals surface area (Å²) in [6.45, 7) is 5.50. The molecule has 1 aromatic rings. The molecule has 1 fully saturated rings. The lowest BCUT2D eigenvalue weighted by Crippen LogP contribution is -2.47. The lowest BCUT2D eigenvalue weighted by atomic mass is 10.1. The van der Waals surface area contributed by atoms with E-state index in [0.717, 1.165) is 18.7 Å². The molecule has 1 aliphatic heterocycles. The van der Waals surface area contributed by atoms with Crippen molar-refractivity contribution in [2.24, 2.45) is 5.92 Å². The summed E-state index contributed by atoms with van der Waals surface area (Å²) < 4.78 is 0. The van der Waals surface area contributed by atoms with Gasteiger partial charge in [-0.3, -0.25) is 4.79 Å². The van der Waals surface area contributed by atoms with Gasteiger partial charge in [-0.15, -0.1) is 0 Å². The molecule has 0 bridgehead atoms. The molecule has 4 nitrogen and oxygen atoms in total. The minimum absolute atomic E-state index is 0.0913. The van der Waals surface area contributed by atoms with Crippen molar-refractivity contribution in [2.45, 2.75) is 26.3 Å². The SMILES string of the molecule is CCc1ccc(N2CC(C)CNC(=O)C2CO)cc1. The van der Waals surface area contributed by atoms with Crippen molar-refractivity contribution in [3.63, 3.8) is 0 Å². The van der Waals surface area contributed by atoms with Gasteiger partial charge in [0.25, 0.3) is 0 Å². The maximum Gasteiger partial charge on any atom is 0.245 e. The number of amides is 1. The highest BCUT2D eigenvalue weighted by molar-refractivity contribution is 5.86. The standard InChI is InChI=1S/C15H22N2O2/c1-3-12-4-6-13(7-5-12)17-9-11(2)8-16-15(19)14(17)10-18/h4-7,11,14,18H,3,8-10H2,1-2H3,(H,16,19). The highest BCUT2D eigenvalue weighted by Gasteiger charge is 2.29. The number of anilines is 1. The fraction of sp³-hybridized carbons (Fsp3) is 0.533. The average molecular weight is 262 g/mol. The van der Waals surface area contributed by atoms with Crippen LogP contribution in [-0.2, 0) is 11.2 Å². The molecule has 2 atom stereocenters. The van der Waals surface area contributed by atoms with Gasteiger partial charge in [0.05, 0.1) is 6.61 Å². The number of nitrogens with zero attached hydrogens (tertiary/aromatic N) is 1. The third kappa shape index (κ3) is 3.07. The number of aliphatic hydroxyl groups excluding tert-OH is 1. The van der Waals surface area contributed by atoms with Crippen LogP contribution in [0.1, 0.15) is 19.4 Å². The van der Waals surface area contributed by atoms with Gasteiger partial charge in [0, 0.05) is 18.8 Å². The van der Waals surface area contributed by atoms with Crippen molar-refractivity contribution in [1.29, 1.82) is 0 Å². The van der Waals surface area contributed by atoms with Crippen LogP contribution >= 0.6 is 0 Å². The summed E-state index contributed by atoms with van der Waals surface area (Å²) in [5, 5.41) is 12.4. The van der Waals surface area contributed by atoms with Crippen LogP contribution in [0, 0.1) is 5.92 Å². The summed E-state index contributed by atoms with van der Waals surface area (Å²) in [6, 6.07) is 7.74. The molecule has 2 unspecified atom stereocenters. The third-order valence-corrected chi connectivity index (χ3v) is 3.66. The highest BCUT2D eigenvalue weighted by atomic mass is 16.3. The fourth-order valence-electron chi connectivity index (χ4n) is 2.45. The van der Waals surface area contributed by atoms with Crippen molar-refractivity contribution in [1.82, 2.24) is 5.32 Å². The minimum Gasteiger partial charge on any atom is -0.394 e. The van der Waals surface area contributed by atoms with Gasteiger partial charge in [-0.1, -0.05) is 26.0 Å². The number of hydrogen-bond donors (Lipinski definition) is 2. The number of carbonyl (C=O) groups excluding carboxylic acids is 1. The van der Waals surface area contributed by atoms with Crippen molar-refractivity contribution < 1.29 is 9.90 Å². The summed E-state index contributed by atoms with van der Waals surface area (Å²) in [4.78, 5) is 14.0. The van der Waals surface area contributed by atoms with Crippen LogP contribution in [0.15, 0.2) is 24.3 Å². The molecule has 0 aromatic heterocycles. The Morgan fingerprint density at radius 3 is 2.63 bits per heavy atom. The molecule has 1 heterocycles. The van der Waals surface area contributed by atoms with Gasteiger partial charge >= 0.3 is 0 Å². The van der Waals surface area contributed by atoms with Crippen molar-refractivity contribution >= 4 is 11.6 Å². The number of benzene rings is 1. The maximum atomic E-state index is 12.0. The van der Waals surface area contributed by atoms with Gasteiger partial charge in [-0.2, -0.15) is 0 Å². The van der Waals surface area contributed by atoms with E-state index in [9.17, 15) is 9.90 Å². The second-order valence-corrected chi connectivity index (χ2v) is 5.22. The first kappa shape index (κ1) is 13.9. The summed E-state index contributed by atoms with van der Waals surface area (Å²) in [6.07, 6.45) is 1.00. The number of carbonyl (C=O) groups is 1. The van der Waals surface area contributed by atoms with E-state index in [1.807, 2.05) is 17.0 Å². The molecule has 0 spiro atoms. The Balaban J connectivity index is 2.28. The Bertz CT molecular complexity index is 430. The van der Waals surface area contributed by atoms with Gasteiger partial charge < -0.3 is 15.3 Å². The lowest BCUT2D eigenvalue weighted by molar-refractivity contribution is -0.122. The molecule has 1 amide bonds. The fourth-order valence-corrected chi connectivity index (χ4v) is 2.45. The molecular weight excluding hydrogens is 240 g/mol. The highest BCUT2D eigenvalue weighted by Crippen LogP contribution is 2.21. The molecule has 1 saturated heterocycles. The molecule has 1 aliphatic rings. The van der Waals surface area contributed by atoms with Crippen LogP contribution in [0.25, 0.3) is 0 Å². The molecule has 19 heavy (non-hydrogen) atoms. The number of nitrogens with one attached hydrogen (secondary N) is 1. The number of rotatable bonds is 3. The van der Waals surface area contributed by atoms with Crippen molar-refractivity contribution in [3.8, 4) is 0 Å². The zero-order valence-corrected chi connectivity index (χ0v) is 11.6. The number of hydrogen-bond acceptors (Lipinski definition) is 3. The van der Waals surface area contributed by atoms with Crippen LogP contribution < -0.4 is 10.2 Å². The van der Waals surface area contributed by atoms with Crippen LogP contribution in [0.4, 0.5) is 5.69 Å². The second-order valence-electron chi connectivity index (χ2n) is 5.22. The molecule has 0 aliphatic carbocycles. The van der Waals surface area contributed by atoms with Gasteiger partial charge in [0.15, 0.2) is 0 Å². The Hall–Kier alpha value is -1.55. The Morgan fingerprint density at radius 2 is 2.05 bits per heavy atom. The zero-order valence-electron chi connectivity index (χ0n) is 11.6. The Morgan fingerprint density at radius 1 is 1.37 bits per heavy atom. The van der Waals surface area contributed by atoms with Gasteiger partial charge in [-0.25, -0.2) is 0 Å². The van der Waals surface area contributed by atoms with E-state index in [2.05, 4.69) is 31.3 Å². The summed E-state index contributed by atoms with van der Waals surface area (Å²) >= 11 is 0. The van der Waals surface area contributed by atoms with Gasteiger partial charge in [0.2, 0.25) is 5.91 Å². The average Bonchev–Trinajstić information content (AvgIpc) is 2.58. The van der Waals surface area contributed by atoms with E-state index >= 15 is 0 Å². The monoisotopic (exact) mass is 262 g/mol. The van der Waals surface area contributed by atoms with Crippen molar-refractivity contribution in [3.05, 3.63) is 29.8 Å². The topological polar surface area (TPSA) is 52.6 Å². The quantitative estimate of drug-likeness (QED) is 0.860. The normalized spacial score (nSPS) is 23.9. The molecule has 2 N–H and O–H groups in total. The van der Waals surface area contributed by atoms with Crippen molar-refractivity contribution in [2.75, 3.05) is 24.6 Å². The largest absolute Gasteiger partial charge is 0.394 e. The van der Waals surface area contributed by atoms with E-state index in [1.165, 1.54) is 5.56 Å². The summed E-state index contributed by atoms with van der Waals surface area (Å²) in [7, 11) is 0. The van der Waals surface area contributed by atoms with E-state index in [0.29, 0.717) is 12.5 Å². The molecule has 1 aromatic carbocycles. The second kappa shape index (κ2) is 6.06. The summed E-state index contributed by atoms with van der Waals surface area (Å²) in [5.74, 6) is 0.276. The Labute approximate surface area is 114 Å². The van der Waals surface area contributed by atoms with Crippen LogP contribution in [0.3, 0.4) is 0 Å². The zero-order chi connectivity index (χ0) is 13.8. The number of aliphatic hydroxyl groups is 1. The van der Waals surface area contributed by atoms with E-state index in [1.54, 1.807) is 0 Å². The van der Waals surface area contributed by atoms with Crippen LogP contribution in [0.5, 0.6) is 0 Å². The molecule has 104 valence electrons. The van der Waals surface area contributed by atoms with E-state index in [-0.39, 0.29) is 12.5 Å². The molecule has 2 rings (SSSR count). The predicted molar refractivity (Wildman–Crippen MR) is 76.2 cm³/mol. The molecule has 0 saturated carbocycles. The third-order valence-electron chi connectivity index (χ3n) is 3.66. The lowest BCUT2D eigenvalue weighted by Gasteiger charge is -2.30. The first-order valence-electron chi connectivity index (χ1n) is 6.89. The van der Waals surface area contributed by atoms with E-state index in [4.69, 9.17) is 0 Å². The first-order chi connectivity index (χ1) is 9.15. The molecule has 4 heteroatoms. The van der Waals surface area contributed by atoms with Crippen LogP contribution in [0.2, 0.25) is 0 Å². The minimum atomic E-state index is -0.488. The maximum absolute atomic E-state index is 12.0. The van der Waals surface area contributed by atoms with Gasteiger partial charge in [-0.05, 0) is 30.0 Å². The van der Waals surface area contributed by atoms with Crippen LogP contribution in [-0.4, -0.2) is 36.8 Å². The molecular formula is C15H22N2O2. The first-order valence-corrected chi connectivity index (χ1v) is 6.89.